The zero-order chi connectivity index (χ0) is 10.3. The van der Waals surface area contributed by atoms with E-state index in [4.69, 9.17) is 0 Å². The fourth-order valence-electron chi connectivity index (χ4n) is 2.09. The second-order valence-electron chi connectivity index (χ2n) is 4.48. The van der Waals surface area contributed by atoms with E-state index in [2.05, 4.69) is 29.8 Å². The van der Waals surface area contributed by atoms with Gasteiger partial charge in [0.2, 0.25) is 0 Å². The molecule has 0 saturated carbocycles. The van der Waals surface area contributed by atoms with Crippen molar-refractivity contribution in [2.24, 2.45) is 0 Å². The molecular formula is C9H17N3OS. The molecule has 0 aromatic heterocycles. The highest BCUT2D eigenvalue weighted by Crippen LogP contribution is 2.36. The smallest absolute Gasteiger partial charge is 0.315 e. The third-order valence-electron chi connectivity index (χ3n) is 3.18. The SMILES string of the molecule is CNC(C)(C)C1SCC2NC(=O)NC21. The van der Waals surface area contributed by atoms with Crippen molar-refractivity contribution in [1.29, 1.82) is 0 Å². The first-order valence-electron chi connectivity index (χ1n) is 4.92. The number of hydrogen-bond acceptors (Lipinski definition) is 3. The van der Waals surface area contributed by atoms with Gasteiger partial charge < -0.3 is 16.0 Å². The molecule has 2 saturated heterocycles. The molecule has 0 spiro atoms. The molecule has 2 aliphatic rings. The Morgan fingerprint density at radius 1 is 1.50 bits per heavy atom. The highest BCUT2D eigenvalue weighted by molar-refractivity contribution is 8.00. The lowest BCUT2D eigenvalue weighted by Crippen LogP contribution is -2.54. The van der Waals surface area contributed by atoms with Crippen LogP contribution in [0.25, 0.3) is 0 Å². The Balaban J connectivity index is 2.12. The van der Waals surface area contributed by atoms with Gasteiger partial charge in [0, 0.05) is 16.5 Å². The number of carbonyl (C=O) groups excluding carboxylic acids is 1. The summed E-state index contributed by atoms with van der Waals surface area (Å²) in [6, 6.07) is 0.567. The fourth-order valence-corrected chi connectivity index (χ4v) is 3.80. The Hall–Kier alpha value is -0.420. The molecule has 2 amide bonds. The van der Waals surface area contributed by atoms with Crippen LogP contribution in [0.2, 0.25) is 0 Å². The third-order valence-corrected chi connectivity index (χ3v) is 4.98. The summed E-state index contributed by atoms with van der Waals surface area (Å²) in [5, 5.41) is 9.69. The molecule has 0 aromatic rings. The first kappa shape index (κ1) is 10.1. The Labute approximate surface area is 88.6 Å². The van der Waals surface area contributed by atoms with Crippen molar-refractivity contribution in [2.75, 3.05) is 12.8 Å². The molecule has 3 atom stereocenters. The second-order valence-corrected chi connectivity index (χ2v) is 5.65. The van der Waals surface area contributed by atoms with Crippen LogP contribution in [0.5, 0.6) is 0 Å². The van der Waals surface area contributed by atoms with E-state index in [1.165, 1.54) is 0 Å². The summed E-state index contributed by atoms with van der Waals surface area (Å²) in [4.78, 5) is 11.2. The molecule has 4 nitrogen and oxygen atoms in total. The van der Waals surface area contributed by atoms with E-state index >= 15 is 0 Å². The van der Waals surface area contributed by atoms with E-state index in [0.29, 0.717) is 11.3 Å². The van der Waals surface area contributed by atoms with Crippen LogP contribution in [0.3, 0.4) is 0 Å². The van der Waals surface area contributed by atoms with E-state index in [9.17, 15) is 4.79 Å². The average Bonchev–Trinajstić information content (AvgIpc) is 2.62. The van der Waals surface area contributed by atoms with Crippen LogP contribution in [0, 0.1) is 0 Å². The average molecular weight is 215 g/mol. The normalized spacial score (nSPS) is 36.5. The van der Waals surface area contributed by atoms with Crippen molar-refractivity contribution in [2.45, 2.75) is 36.7 Å². The molecular weight excluding hydrogens is 198 g/mol. The molecule has 2 rings (SSSR count). The molecule has 2 fully saturated rings. The predicted octanol–water partition coefficient (Wildman–Crippen LogP) is 0.150. The maximum Gasteiger partial charge on any atom is 0.315 e. The Kier molecular flexibility index (Phi) is 2.39. The monoisotopic (exact) mass is 215 g/mol. The van der Waals surface area contributed by atoms with Crippen molar-refractivity contribution >= 4 is 17.8 Å². The third kappa shape index (κ3) is 1.48. The summed E-state index contributed by atoms with van der Waals surface area (Å²) < 4.78 is 0. The van der Waals surface area contributed by atoms with Crippen molar-refractivity contribution in [3.8, 4) is 0 Å². The van der Waals surface area contributed by atoms with Gasteiger partial charge in [-0.3, -0.25) is 0 Å². The van der Waals surface area contributed by atoms with Crippen molar-refractivity contribution in [1.82, 2.24) is 16.0 Å². The topological polar surface area (TPSA) is 53.2 Å². The zero-order valence-electron chi connectivity index (χ0n) is 8.76. The van der Waals surface area contributed by atoms with Crippen molar-refractivity contribution in [3.63, 3.8) is 0 Å². The van der Waals surface area contributed by atoms with Gasteiger partial charge in [0.15, 0.2) is 0 Å². The van der Waals surface area contributed by atoms with Crippen LogP contribution in [0.1, 0.15) is 13.8 Å². The molecule has 5 heteroatoms. The van der Waals surface area contributed by atoms with Crippen molar-refractivity contribution in [3.05, 3.63) is 0 Å². The maximum atomic E-state index is 11.2. The lowest BCUT2D eigenvalue weighted by molar-refractivity contribution is 0.246. The molecule has 0 aliphatic carbocycles. The highest BCUT2D eigenvalue weighted by atomic mass is 32.2. The molecule has 3 N–H and O–H groups in total. The minimum Gasteiger partial charge on any atom is -0.332 e. The molecule has 0 aromatic carbocycles. The summed E-state index contributed by atoms with van der Waals surface area (Å²) in [6.45, 7) is 4.36. The standard InChI is InChI=1S/C9H17N3OS/c1-9(2,10-3)7-6-5(4-14-7)11-8(13)12-6/h5-7,10H,4H2,1-3H3,(H2,11,12,13). The Morgan fingerprint density at radius 2 is 2.21 bits per heavy atom. The quantitative estimate of drug-likeness (QED) is 0.575. The van der Waals surface area contributed by atoms with Crippen LogP contribution in [0.4, 0.5) is 4.79 Å². The minimum atomic E-state index is -0.0165. The first-order valence-corrected chi connectivity index (χ1v) is 5.97. The zero-order valence-corrected chi connectivity index (χ0v) is 9.57. The molecule has 2 heterocycles. The maximum absolute atomic E-state index is 11.2. The van der Waals surface area contributed by atoms with Crippen LogP contribution >= 0.6 is 11.8 Å². The van der Waals surface area contributed by atoms with E-state index in [1.54, 1.807) is 0 Å². The Bertz CT molecular complexity index is 256. The van der Waals surface area contributed by atoms with Crippen LogP contribution in [0.15, 0.2) is 0 Å². The highest BCUT2D eigenvalue weighted by Gasteiger charge is 2.48. The summed E-state index contributed by atoms with van der Waals surface area (Å²) in [5.41, 5.74) is 0.0589. The summed E-state index contributed by atoms with van der Waals surface area (Å²) in [5.74, 6) is 1.01. The van der Waals surface area contributed by atoms with Crippen LogP contribution < -0.4 is 16.0 Å². The molecule has 0 bridgehead atoms. The van der Waals surface area contributed by atoms with Crippen LogP contribution in [-0.4, -0.2) is 41.7 Å². The van der Waals surface area contributed by atoms with E-state index in [-0.39, 0.29) is 17.6 Å². The number of hydrogen-bond donors (Lipinski definition) is 3. The van der Waals surface area contributed by atoms with Gasteiger partial charge in [-0.2, -0.15) is 11.8 Å². The van der Waals surface area contributed by atoms with Crippen molar-refractivity contribution < 1.29 is 4.79 Å². The number of amides is 2. The van der Waals surface area contributed by atoms with Gasteiger partial charge in [-0.15, -0.1) is 0 Å². The van der Waals surface area contributed by atoms with Gasteiger partial charge >= 0.3 is 6.03 Å². The van der Waals surface area contributed by atoms with Gasteiger partial charge in [0.05, 0.1) is 12.1 Å². The van der Waals surface area contributed by atoms with Gasteiger partial charge in [-0.25, -0.2) is 4.79 Å². The predicted molar refractivity (Wildman–Crippen MR) is 58.6 cm³/mol. The van der Waals surface area contributed by atoms with Gasteiger partial charge in [-0.05, 0) is 20.9 Å². The molecule has 80 valence electrons. The number of nitrogens with one attached hydrogen (secondary N) is 3. The van der Waals surface area contributed by atoms with E-state index in [1.807, 2.05) is 18.8 Å². The van der Waals surface area contributed by atoms with Gasteiger partial charge in [0.1, 0.15) is 0 Å². The lowest BCUT2D eigenvalue weighted by atomic mass is 9.92. The van der Waals surface area contributed by atoms with E-state index < -0.39 is 0 Å². The second kappa shape index (κ2) is 3.31. The van der Waals surface area contributed by atoms with E-state index in [0.717, 1.165) is 5.75 Å². The summed E-state index contributed by atoms with van der Waals surface area (Å²) >= 11 is 1.93. The molecule has 14 heavy (non-hydrogen) atoms. The number of carbonyl (C=O) groups is 1. The largest absolute Gasteiger partial charge is 0.332 e. The van der Waals surface area contributed by atoms with Gasteiger partial charge in [0.25, 0.3) is 0 Å². The summed E-state index contributed by atoms with van der Waals surface area (Å²) in [6.07, 6.45) is 0. The Morgan fingerprint density at radius 3 is 2.86 bits per heavy atom. The molecule has 2 aliphatic heterocycles. The molecule has 0 radical (unpaired) electrons. The molecule has 3 unspecified atom stereocenters. The number of thioether (sulfide) groups is 1. The van der Waals surface area contributed by atoms with Gasteiger partial charge in [-0.1, -0.05) is 0 Å². The number of urea groups is 1. The lowest BCUT2D eigenvalue weighted by Gasteiger charge is -2.33. The fraction of sp³-hybridized carbons (Fsp3) is 0.889. The van der Waals surface area contributed by atoms with Crippen LogP contribution in [-0.2, 0) is 0 Å². The number of rotatable bonds is 2. The first-order chi connectivity index (χ1) is 6.54. The summed E-state index contributed by atoms with van der Waals surface area (Å²) in [7, 11) is 1.97. The minimum absolute atomic E-state index is 0.0165. The number of fused-ring (bicyclic) bond motifs is 1.